The van der Waals surface area contributed by atoms with E-state index in [0.29, 0.717) is 17.0 Å². The number of hydrogen-bond donors (Lipinski definition) is 1. The van der Waals surface area contributed by atoms with Gasteiger partial charge in [0.15, 0.2) is 0 Å². The molecule has 36 heavy (non-hydrogen) atoms. The quantitative estimate of drug-likeness (QED) is 0.296. The summed E-state index contributed by atoms with van der Waals surface area (Å²) in [6.45, 7) is 3.60. The van der Waals surface area contributed by atoms with Crippen molar-refractivity contribution in [1.29, 1.82) is 0 Å². The lowest BCUT2D eigenvalue weighted by Crippen LogP contribution is -2.21. The number of ether oxygens (including phenoxy) is 2. The maximum Gasteiger partial charge on any atom is 0.430 e. The van der Waals surface area contributed by atoms with E-state index in [1.165, 1.54) is 24.3 Å². The van der Waals surface area contributed by atoms with E-state index >= 15 is 0 Å². The van der Waals surface area contributed by atoms with Crippen LogP contribution in [0.15, 0.2) is 71.5 Å². The first-order valence-corrected chi connectivity index (χ1v) is 11.0. The Hall–Kier alpha value is -3.85. The van der Waals surface area contributed by atoms with E-state index in [4.69, 9.17) is 26.8 Å². The molecule has 0 atom stereocenters. The summed E-state index contributed by atoms with van der Waals surface area (Å²) >= 11 is 6.12. The molecule has 0 aliphatic heterocycles. The number of methoxy groups -OCH3 is 1. The average molecular weight is 518 g/mol. The SMILES string of the molecule is COc1c(C)cnc(COC(=O)c2ccc(C(/C=C(\N)C(F)(F)F)=Nc3ccccc3Cl)cc2)c1C. The van der Waals surface area contributed by atoms with Gasteiger partial charge in [0, 0.05) is 22.9 Å². The van der Waals surface area contributed by atoms with Gasteiger partial charge in [-0.25, -0.2) is 9.79 Å². The molecule has 0 aliphatic rings. The molecule has 1 aromatic heterocycles. The lowest BCUT2D eigenvalue weighted by molar-refractivity contribution is -0.0925. The van der Waals surface area contributed by atoms with Crippen molar-refractivity contribution in [1.82, 2.24) is 4.98 Å². The summed E-state index contributed by atoms with van der Waals surface area (Å²) in [5.41, 5.74) is 6.74. The number of carbonyl (C=O) groups is 1. The minimum Gasteiger partial charge on any atom is -0.496 e. The Balaban J connectivity index is 1.85. The number of aliphatic imine (C=N–C) groups is 1. The second-order valence-corrected chi connectivity index (χ2v) is 8.15. The molecule has 0 saturated heterocycles. The van der Waals surface area contributed by atoms with Crippen molar-refractivity contribution in [2.45, 2.75) is 26.6 Å². The highest BCUT2D eigenvalue weighted by atomic mass is 35.5. The Morgan fingerprint density at radius 3 is 2.36 bits per heavy atom. The Morgan fingerprint density at radius 1 is 1.11 bits per heavy atom. The van der Waals surface area contributed by atoms with E-state index < -0.39 is 17.8 Å². The van der Waals surface area contributed by atoms with Gasteiger partial charge < -0.3 is 15.2 Å². The number of para-hydroxylation sites is 1. The van der Waals surface area contributed by atoms with E-state index in [0.717, 1.165) is 17.2 Å². The number of benzene rings is 2. The monoisotopic (exact) mass is 517 g/mol. The van der Waals surface area contributed by atoms with Crippen LogP contribution in [0.3, 0.4) is 0 Å². The van der Waals surface area contributed by atoms with Gasteiger partial charge in [0.05, 0.1) is 34.8 Å². The van der Waals surface area contributed by atoms with Gasteiger partial charge in [-0.15, -0.1) is 0 Å². The van der Waals surface area contributed by atoms with Gasteiger partial charge in [-0.3, -0.25) is 4.98 Å². The van der Waals surface area contributed by atoms with E-state index in [2.05, 4.69) is 9.98 Å². The van der Waals surface area contributed by atoms with Crippen molar-refractivity contribution in [2.75, 3.05) is 7.11 Å². The van der Waals surface area contributed by atoms with Crippen LogP contribution in [0.2, 0.25) is 5.02 Å². The number of carbonyl (C=O) groups excluding carboxylic acids is 1. The highest BCUT2D eigenvalue weighted by Crippen LogP contribution is 2.27. The summed E-state index contributed by atoms with van der Waals surface area (Å²) in [4.78, 5) is 21.1. The van der Waals surface area contributed by atoms with Gasteiger partial charge in [0.1, 0.15) is 18.1 Å². The number of esters is 1. The third-order valence-electron chi connectivity index (χ3n) is 5.22. The third-order valence-corrected chi connectivity index (χ3v) is 5.54. The summed E-state index contributed by atoms with van der Waals surface area (Å²) in [5.74, 6) is 0.0363. The van der Waals surface area contributed by atoms with E-state index in [1.807, 2.05) is 13.8 Å². The Labute approximate surface area is 211 Å². The number of nitrogens with two attached hydrogens (primary N) is 1. The van der Waals surface area contributed by atoms with Crippen molar-refractivity contribution in [3.8, 4) is 5.75 Å². The van der Waals surface area contributed by atoms with Crippen LogP contribution in [0.5, 0.6) is 5.75 Å². The molecule has 10 heteroatoms. The zero-order chi connectivity index (χ0) is 26.5. The van der Waals surface area contributed by atoms with Crippen LogP contribution < -0.4 is 10.5 Å². The third kappa shape index (κ3) is 6.42. The van der Waals surface area contributed by atoms with Crippen molar-refractivity contribution >= 4 is 29.0 Å². The summed E-state index contributed by atoms with van der Waals surface area (Å²) in [7, 11) is 1.55. The summed E-state index contributed by atoms with van der Waals surface area (Å²) in [6.07, 6.45) is -2.39. The predicted octanol–water partition coefficient (Wildman–Crippen LogP) is 6.24. The smallest absolute Gasteiger partial charge is 0.430 e. The molecule has 0 unspecified atom stereocenters. The van der Waals surface area contributed by atoms with E-state index in [-0.39, 0.29) is 28.6 Å². The highest BCUT2D eigenvalue weighted by Gasteiger charge is 2.31. The zero-order valence-electron chi connectivity index (χ0n) is 19.7. The number of alkyl halides is 3. The molecule has 0 saturated carbocycles. The summed E-state index contributed by atoms with van der Waals surface area (Å²) < 4.78 is 50.0. The molecule has 6 nitrogen and oxygen atoms in total. The lowest BCUT2D eigenvalue weighted by Gasteiger charge is -2.12. The second-order valence-electron chi connectivity index (χ2n) is 7.75. The van der Waals surface area contributed by atoms with Crippen molar-refractivity contribution in [2.24, 2.45) is 10.7 Å². The Bertz CT molecular complexity index is 1320. The van der Waals surface area contributed by atoms with Gasteiger partial charge in [-0.2, -0.15) is 13.2 Å². The molecule has 0 spiro atoms. The van der Waals surface area contributed by atoms with Crippen LogP contribution in [0.25, 0.3) is 0 Å². The van der Waals surface area contributed by atoms with E-state index in [9.17, 15) is 18.0 Å². The van der Waals surface area contributed by atoms with Crippen molar-refractivity contribution in [3.63, 3.8) is 0 Å². The molecule has 0 radical (unpaired) electrons. The highest BCUT2D eigenvalue weighted by molar-refractivity contribution is 6.33. The Morgan fingerprint density at radius 2 is 1.75 bits per heavy atom. The fourth-order valence-corrected chi connectivity index (χ4v) is 3.47. The van der Waals surface area contributed by atoms with Crippen LogP contribution in [0.4, 0.5) is 18.9 Å². The maximum atomic E-state index is 13.1. The molecule has 2 N–H and O–H groups in total. The molecule has 0 aliphatic carbocycles. The number of pyridine rings is 1. The molecular formula is C26H23ClF3N3O3. The van der Waals surface area contributed by atoms with Gasteiger partial charge in [-0.1, -0.05) is 35.9 Å². The van der Waals surface area contributed by atoms with Crippen LogP contribution in [-0.4, -0.2) is 30.0 Å². The fraction of sp³-hybridized carbons (Fsp3) is 0.192. The number of allylic oxidation sites excluding steroid dienone is 2. The molecule has 0 amide bonds. The summed E-state index contributed by atoms with van der Waals surface area (Å²) in [5, 5.41) is 0.255. The van der Waals surface area contributed by atoms with Gasteiger partial charge in [0.2, 0.25) is 0 Å². The number of halogens is 4. The Kier molecular flexibility index (Phi) is 8.37. The number of rotatable bonds is 7. The minimum absolute atomic E-state index is 0.0763. The number of aromatic nitrogens is 1. The number of hydrogen-bond acceptors (Lipinski definition) is 6. The number of aryl methyl sites for hydroxylation is 1. The van der Waals surface area contributed by atoms with Crippen LogP contribution in [0, 0.1) is 13.8 Å². The average Bonchev–Trinajstić information content (AvgIpc) is 2.84. The zero-order valence-corrected chi connectivity index (χ0v) is 20.4. The van der Waals surface area contributed by atoms with Gasteiger partial charge in [0.25, 0.3) is 0 Å². The molecule has 2 aromatic carbocycles. The standard InChI is InChI=1S/C26H23ClF3N3O3/c1-15-13-32-22(16(2)24(15)35-3)14-36-25(34)18-10-8-17(9-11-18)21(12-23(31)26(28,29)30)33-20-7-5-4-6-19(20)27/h4-13H,14,31H2,1-3H3/b23-12-,33-21?. The second kappa shape index (κ2) is 11.3. The fourth-order valence-electron chi connectivity index (χ4n) is 3.29. The first-order valence-electron chi connectivity index (χ1n) is 10.7. The molecule has 3 rings (SSSR count). The first kappa shape index (κ1) is 26.7. The van der Waals surface area contributed by atoms with Gasteiger partial charge in [-0.05, 0) is 44.2 Å². The molecule has 0 fully saturated rings. The molecule has 0 bridgehead atoms. The molecule has 3 aromatic rings. The lowest BCUT2D eigenvalue weighted by atomic mass is 10.1. The maximum absolute atomic E-state index is 13.1. The molecule has 1 heterocycles. The normalized spacial score (nSPS) is 12.4. The van der Waals surface area contributed by atoms with Crippen LogP contribution in [-0.2, 0) is 11.3 Å². The predicted molar refractivity (Wildman–Crippen MR) is 132 cm³/mol. The summed E-state index contributed by atoms with van der Waals surface area (Å²) in [6, 6.07) is 12.2. The van der Waals surface area contributed by atoms with E-state index in [1.54, 1.807) is 37.6 Å². The molecule has 188 valence electrons. The van der Waals surface area contributed by atoms with Crippen molar-refractivity contribution < 1.29 is 27.4 Å². The van der Waals surface area contributed by atoms with Gasteiger partial charge >= 0.3 is 12.1 Å². The first-order chi connectivity index (χ1) is 17.0. The number of nitrogens with zero attached hydrogens (tertiary/aromatic N) is 2. The molecular weight excluding hydrogens is 495 g/mol. The van der Waals surface area contributed by atoms with Crippen LogP contribution in [0.1, 0.15) is 32.7 Å². The largest absolute Gasteiger partial charge is 0.496 e. The van der Waals surface area contributed by atoms with Crippen LogP contribution >= 0.6 is 11.6 Å². The minimum atomic E-state index is -4.74. The topological polar surface area (TPSA) is 86.8 Å². The van der Waals surface area contributed by atoms with Crippen molar-refractivity contribution in [3.05, 3.63) is 99.5 Å².